The normalized spacial score (nSPS) is 3.50. The summed E-state index contributed by atoms with van der Waals surface area (Å²) in [6, 6.07) is 0. The summed E-state index contributed by atoms with van der Waals surface area (Å²) < 4.78 is 0. The van der Waals surface area contributed by atoms with Crippen LogP contribution in [-0.2, 0) is 0 Å². The van der Waals surface area contributed by atoms with Crippen molar-refractivity contribution in [2.24, 2.45) is 0 Å². The standard InChI is InChI=1S/C3H7.Rf/c1-3-2;/h3H,1-2H3;/q+1;. The minimum absolute atomic E-state index is 0. The van der Waals surface area contributed by atoms with Crippen LogP contribution in [0.1, 0.15) is 13.8 Å². The maximum absolute atomic E-state index is 2.00. The summed E-state index contributed by atoms with van der Waals surface area (Å²) in [4.78, 5) is 0. The largest absolute Gasteiger partial charge is 0.0768 e. The average Bonchev–Trinajstić information content (AvgIpc) is 0.918. The average molecular weight is 310 g/mol. The Balaban J connectivity index is 0. The van der Waals surface area contributed by atoms with Crippen molar-refractivity contribution in [1.82, 2.24) is 0 Å². The zero-order valence-electron chi connectivity index (χ0n) is 3.28. The zero-order valence-corrected chi connectivity index (χ0v) is 9.68. The molecule has 0 aromatic heterocycles. The molecule has 0 aromatic carbocycles. The number of hydrogen-bond acceptors (Lipinski definition) is 0. The van der Waals surface area contributed by atoms with Gasteiger partial charge in [-0.15, -0.1) is 0 Å². The number of rotatable bonds is 0. The minimum Gasteiger partial charge on any atom is 0 e. The molecule has 0 bridgehead atoms. The first kappa shape index (κ1) is 13.3. The Bertz CT molecular complexity index is 3.25. The minimum atomic E-state index is 0. The van der Waals surface area contributed by atoms with Crippen molar-refractivity contribution < 1.29 is 0 Å². The summed E-state index contributed by atoms with van der Waals surface area (Å²) in [6.07, 6.45) is 2.00. The zero-order chi connectivity index (χ0) is 2.71. The monoisotopic (exact) mass is 310 g/mol. The van der Waals surface area contributed by atoms with Crippen LogP contribution in [0.2, 0.25) is 0 Å². The van der Waals surface area contributed by atoms with Crippen molar-refractivity contribution in [2.75, 3.05) is 0 Å². The molecule has 0 saturated carbocycles. The van der Waals surface area contributed by atoms with E-state index in [1.165, 1.54) is 0 Å². The molecule has 1 heteroatoms. The molecule has 0 aliphatic rings. The van der Waals surface area contributed by atoms with E-state index in [0.29, 0.717) is 0 Å². The molecule has 0 aliphatic heterocycles. The van der Waals surface area contributed by atoms with Gasteiger partial charge in [0.1, 0.15) is 0 Å². The molecule has 0 rings (SSSR count). The summed E-state index contributed by atoms with van der Waals surface area (Å²) in [5, 5.41) is 0. The van der Waals surface area contributed by atoms with E-state index in [1.807, 2.05) is 20.3 Å². The molecule has 0 N–H and O–H groups in total. The van der Waals surface area contributed by atoms with Crippen LogP contribution < -0.4 is 0 Å². The van der Waals surface area contributed by atoms with Crippen molar-refractivity contribution in [3.8, 4) is 0 Å². The third kappa shape index (κ3) is 0.0115. The molecule has 0 radical (unpaired) electrons. The molecule has 20 valence electrons. The van der Waals surface area contributed by atoms with E-state index in [1.54, 1.807) is 0 Å². The second-order valence-corrected chi connectivity index (χ2v) is 0.577. The summed E-state index contributed by atoms with van der Waals surface area (Å²) >= 11 is 0. The van der Waals surface area contributed by atoms with Crippen molar-refractivity contribution in [1.29, 1.82) is 0 Å². The second-order valence-electron chi connectivity index (χ2n) is 0.577. The molecular formula is C3H7Rf+. The third-order valence-electron chi connectivity index (χ3n) is 0. The van der Waals surface area contributed by atoms with E-state index in [0.717, 1.165) is 0 Å². The van der Waals surface area contributed by atoms with Gasteiger partial charge in [-0.1, -0.05) is 0 Å². The Morgan fingerprint density at radius 2 is 1.25 bits per heavy atom. The van der Waals surface area contributed by atoms with Gasteiger partial charge in [0.25, 0.3) is 0 Å². The molecule has 0 heterocycles. The predicted molar refractivity (Wildman–Crippen MR) is 15.6 cm³/mol. The fourth-order valence-electron chi connectivity index (χ4n) is 0. The molecule has 0 amide bonds. The van der Waals surface area contributed by atoms with Crippen LogP contribution in [0.3, 0.4) is 0 Å². The Kier molecular flexibility index (Phi) is 278. The predicted octanol–water partition coefficient (Wildman–Crippen LogP) is 1.23. The van der Waals surface area contributed by atoms with Crippen LogP contribution >= 0.6 is 0 Å². The van der Waals surface area contributed by atoms with Gasteiger partial charge in [0.2, 0.25) is 0 Å². The SMILES string of the molecule is C[CH+]C.[Rf]. The van der Waals surface area contributed by atoms with Crippen molar-refractivity contribution in [2.45, 2.75) is 13.8 Å². The fraction of sp³-hybridized carbons (Fsp3) is 0.667. The van der Waals surface area contributed by atoms with Crippen molar-refractivity contribution in [3.05, 3.63) is 6.42 Å². The summed E-state index contributed by atoms with van der Waals surface area (Å²) in [5.74, 6) is 0. The van der Waals surface area contributed by atoms with Gasteiger partial charge >= 0.3 is 0 Å². The van der Waals surface area contributed by atoms with Crippen molar-refractivity contribution >= 4 is 0 Å². The van der Waals surface area contributed by atoms with Crippen molar-refractivity contribution in [3.63, 3.8) is 0 Å². The first-order valence-electron chi connectivity index (χ1n) is 1.15. The fourth-order valence-corrected chi connectivity index (χ4v) is 0. The van der Waals surface area contributed by atoms with Gasteiger partial charge in [-0.25, -0.2) is 0 Å². The van der Waals surface area contributed by atoms with Gasteiger partial charge in [0.05, 0.1) is 20.3 Å². The summed E-state index contributed by atoms with van der Waals surface area (Å²) in [5.41, 5.74) is 0. The quantitative estimate of drug-likeness (QED) is 0.591. The first-order chi connectivity index (χ1) is 1.41. The van der Waals surface area contributed by atoms with Gasteiger partial charge < -0.3 is 0 Å². The molecule has 0 spiro atoms. The van der Waals surface area contributed by atoms with Crippen LogP contribution in [0.15, 0.2) is 0 Å². The maximum atomic E-state index is 2.00. The smallest absolute Gasteiger partial charge is 0 e. The van der Waals surface area contributed by atoms with Gasteiger partial charge in [0, 0.05) is 0 Å². The Morgan fingerprint density at radius 1 is 1.25 bits per heavy atom. The van der Waals surface area contributed by atoms with Gasteiger partial charge in [-0.2, -0.15) is 0 Å². The maximum Gasteiger partial charge on any atom is 0.0768 e. The second kappa shape index (κ2) is 83.8. The Morgan fingerprint density at radius 3 is 1.25 bits per heavy atom. The van der Waals surface area contributed by atoms with Crippen LogP contribution in [0.25, 0.3) is 0 Å². The molecule has 0 nitrogen and oxygen atoms in total. The van der Waals surface area contributed by atoms with E-state index in [9.17, 15) is 0 Å². The Hall–Kier alpha value is -1.13. The van der Waals surface area contributed by atoms with E-state index in [-0.39, 0.29) is 0 Å². The van der Waals surface area contributed by atoms with E-state index < -0.39 is 0 Å². The molecule has 0 fully saturated rings. The Labute approximate surface area is 21.5 Å². The molecule has 0 aromatic rings. The molecule has 0 aliphatic carbocycles. The van der Waals surface area contributed by atoms with Gasteiger partial charge in [-0.3, -0.25) is 0 Å². The summed E-state index contributed by atoms with van der Waals surface area (Å²) in [6.45, 7) is 4.00. The van der Waals surface area contributed by atoms with Crippen LogP contribution in [-0.4, -0.2) is 0 Å². The number of hydrogen-bond donors (Lipinski definition) is 0. The molecule has 0 unspecified atom stereocenters. The van der Waals surface area contributed by atoms with E-state index in [4.69, 9.17) is 0 Å². The summed E-state index contributed by atoms with van der Waals surface area (Å²) in [7, 11) is 0. The molecular weight excluding hydrogens is 303 g/mol. The van der Waals surface area contributed by atoms with Gasteiger partial charge in [-0.05, 0) is 0 Å². The van der Waals surface area contributed by atoms with Crippen LogP contribution in [0, 0.1) is 6.42 Å². The van der Waals surface area contributed by atoms with Crippen LogP contribution in [0.4, 0.5) is 0 Å². The third-order valence-corrected chi connectivity index (χ3v) is 0. The van der Waals surface area contributed by atoms with Gasteiger partial charge in [0.15, 0.2) is 0 Å². The first-order valence-corrected chi connectivity index (χ1v) is 1.15. The topological polar surface area (TPSA) is 0 Å². The molecule has 0 atom stereocenters. The van der Waals surface area contributed by atoms with Crippen LogP contribution in [0.5, 0.6) is 0 Å². The molecule has 0 saturated heterocycles. The molecule has 4 heavy (non-hydrogen) atoms. The van der Waals surface area contributed by atoms with E-state index in [2.05, 4.69) is 0 Å². The van der Waals surface area contributed by atoms with E-state index >= 15 is 0 Å².